The molecule has 0 saturated carbocycles. The number of esters is 1. The molecule has 2 aromatic carbocycles. The quantitative estimate of drug-likeness (QED) is 0.0432. The number of nitrogens with zero attached hydrogens (tertiary/aromatic N) is 3. The molecule has 4 N–H and O–H groups in total. The Morgan fingerprint density at radius 3 is 2.23 bits per heavy atom. The van der Waals surface area contributed by atoms with Crippen LogP contribution in [0.1, 0.15) is 152 Å². The summed E-state index contributed by atoms with van der Waals surface area (Å²) in [7, 11) is -0.520. The van der Waals surface area contributed by atoms with Crippen LogP contribution in [0, 0.1) is 23.1 Å². The van der Waals surface area contributed by atoms with Gasteiger partial charge in [0.15, 0.2) is 6.10 Å². The molecule has 1 fully saturated rings. The smallest absolute Gasteiger partial charge is 0.303 e. The first kappa shape index (κ1) is 57.8. The number of likely N-dealkylation sites (N-methyl/N-ethyl adjacent to an activating group) is 1. The van der Waals surface area contributed by atoms with E-state index >= 15 is 0 Å². The number of hydrogen-bond donors (Lipinski definition) is 4. The largest absolute Gasteiger partial charge is 0.455 e. The zero-order valence-corrected chi connectivity index (χ0v) is 44.6. The fourth-order valence-corrected chi connectivity index (χ4v) is 10.9. The van der Waals surface area contributed by atoms with Gasteiger partial charge in [-0.25, -0.2) is 22.5 Å². The van der Waals surface area contributed by atoms with Gasteiger partial charge >= 0.3 is 5.97 Å². The van der Waals surface area contributed by atoms with Gasteiger partial charge in [0.25, 0.3) is 15.9 Å². The van der Waals surface area contributed by atoms with Crippen LogP contribution in [0.5, 0.6) is 0 Å². The molecule has 3 aromatic rings. The lowest BCUT2D eigenvalue weighted by Gasteiger charge is -2.40. The molecule has 2 heterocycles. The number of halogens is 1. The van der Waals surface area contributed by atoms with Crippen molar-refractivity contribution in [2.45, 2.75) is 168 Å². The number of nitrogens with one attached hydrogen (secondary N) is 4. The maximum Gasteiger partial charge on any atom is 0.303 e. The lowest BCUT2D eigenvalue weighted by atomic mass is 9.83. The first-order valence-corrected chi connectivity index (χ1v) is 27.3. The fraction of sp³-hybridized carbons (Fsp3) is 0.615. The normalized spacial score (nSPS) is 16.7. The molecule has 1 aliphatic heterocycles. The minimum atomic E-state index is -4.24. The summed E-state index contributed by atoms with van der Waals surface area (Å²) in [5.41, 5.74) is 0.216. The number of piperidine rings is 1. The van der Waals surface area contributed by atoms with Crippen LogP contribution in [-0.2, 0) is 46.9 Å². The van der Waals surface area contributed by atoms with Gasteiger partial charge in [0.1, 0.15) is 22.6 Å². The molecule has 0 bridgehead atoms. The van der Waals surface area contributed by atoms with Gasteiger partial charge in [0, 0.05) is 49.3 Å². The minimum absolute atomic E-state index is 0.0146. The van der Waals surface area contributed by atoms with Crippen LogP contribution in [0.2, 0.25) is 0 Å². The van der Waals surface area contributed by atoms with Crippen molar-refractivity contribution in [1.82, 2.24) is 35.5 Å². The van der Waals surface area contributed by atoms with Crippen molar-refractivity contribution in [2.24, 2.45) is 17.3 Å². The second kappa shape index (κ2) is 27.2. The van der Waals surface area contributed by atoms with Gasteiger partial charge in [-0.3, -0.25) is 28.9 Å². The van der Waals surface area contributed by atoms with Crippen LogP contribution < -0.4 is 20.7 Å². The molecule has 0 aliphatic carbocycles. The van der Waals surface area contributed by atoms with Gasteiger partial charge in [-0.05, 0) is 100.0 Å². The third-order valence-corrected chi connectivity index (χ3v) is 15.6. The maximum absolute atomic E-state index is 15.0. The van der Waals surface area contributed by atoms with Crippen LogP contribution in [0.25, 0.3) is 0 Å². The highest BCUT2D eigenvalue weighted by atomic mass is 32.2. The molecule has 388 valence electrons. The van der Waals surface area contributed by atoms with E-state index in [0.29, 0.717) is 30.1 Å². The highest BCUT2D eigenvalue weighted by molar-refractivity contribution is 7.90. The summed E-state index contributed by atoms with van der Waals surface area (Å²) in [4.78, 5) is 78.0. The summed E-state index contributed by atoms with van der Waals surface area (Å²) < 4.78 is 48.8. The van der Waals surface area contributed by atoms with Crippen molar-refractivity contribution in [3.63, 3.8) is 0 Å². The van der Waals surface area contributed by atoms with E-state index in [1.54, 1.807) is 50.5 Å². The number of amides is 4. The summed E-state index contributed by atoms with van der Waals surface area (Å²) in [5.74, 6) is -2.99. The fourth-order valence-electron chi connectivity index (χ4n) is 8.94. The van der Waals surface area contributed by atoms with Crippen LogP contribution in [0.15, 0.2) is 58.8 Å². The standard InChI is InChI=1S/C52H78FN7O8S2/c1-11-13-14-16-28-60(50(64)46(35(5)12-2)57-48(63)43-18-15-17-27-59(43)10)44(34(3)4)30-45(68-36(6)61)49-56-42(33-69-49)47(62)55-40(29-37-19-23-39(53)24-20-37)31-52(7,8)51(65)58-70(66,67)41-25-21-38(22-26-41)32-54-9/h19-26,33-35,40,43-46,54H,11-18,27-32H2,1-10H3,(H,55,62)(H,57,63)(H,58,65)/t35-,40-,43+,44+,45+,46-/m0/s1. The van der Waals surface area contributed by atoms with Crippen molar-refractivity contribution < 1.29 is 41.5 Å². The monoisotopic (exact) mass is 1010 g/mol. The molecular weight excluding hydrogens is 934 g/mol. The molecule has 15 nitrogen and oxygen atoms in total. The summed E-state index contributed by atoms with van der Waals surface area (Å²) in [6, 6.07) is 9.62. The lowest BCUT2D eigenvalue weighted by Crippen LogP contribution is -2.59. The Labute approximate surface area is 419 Å². The van der Waals surface area contributed by atoms with E-state index in [1.807, 2.05) is 39.6 Å². The van der Waals surface area contributed by atoms with Crippen molar-refractivity contribution in [3.8, 4) is 0 Å². The molecule has 0 radical (unpaired) electrons. The van der Waals surface area contributed by atoms with Crippen LogP contribution in [0.4, 0.5) is 4.39 Å². The topological polar surface area (TPSA) is 196 Å². The molecule has 1 aromatic heterocycles. The predicted octanol–water partition coefficient (Wildman–Crippen LogP) is 7.71. The molecule has 1 saturated heterocycles. The summed E-state index contributed by atoms with van der Waals surface area (Å²) in [6.07, 6.45) is 6.40. The Morgan fingerprint density at radius 1 is 0.957 bits per heavy atom. The molecular formula is C52H78FN7O8S2. The Balaban J connectivity index is 1.61. The Hall–Kier alpha value is -4.78. The number of carbonyl (C=O) groups is 5. The maximum atomic E-state index is 15.0. The SMILES string of the molecule is CCCCCCN(C(=O)[C@@H](NC(=O)[C@H]1CCCCN1C)[C@@H](C)CC)[C@H](C[C@@H](OC(C)=O)c1nc(C(=O)N[C@@H](Cc2ccc(F)cc2)CC(C)(C)C(=O)NS(=O)(=O)c2ccc(CNC)cc2)cs1)C(C)C. The number of unbranched alkanes of at least 4 members (excludes halogenated alkanes) is 3. The van der Waals surface area contributed by atoms with Crippen LogP contribution >= 0.6 is 11.3 Å². The van der Waals surface area contributed by atoms with Crippen molar-refractivity contribution >= 4 is 51.0 Å². The molecule has 70 heavy (non-hydrogen) atoms. The molecule has 18 heteroatoms. The van der Waals surface area contributed by atoms with Gasteiger partial charge in [-0.2, -0.15) is 0 Å². The molecule has 4 rings (SSSR count). The molecule has 1 aliphatic rings. The lowest BCUT2D eigenvalue weighted by molar-refractivity contribution is -0.149. The van der Waals surface area contributed by atoms with Gasteiger partial charge in [-0.15, -0.1) is 11.3 Å². The van der Waals surface area contributed by atoms with E-state index in [-0.39, 0.29) is 59.5 Å². The first-order chi connectivity index (χ1) is 33.1. The number of ether oxygens (including phenoxy) is 1. The minimum Gasteiger partial charge on any atom is -0.455 e. The summed E-state index contributed by atoms with van der Waals surface area (Å²) in [5, 5.41) is 11.1. The van der Waals surface area contributed by atoms with E-state index in [4.69, 9.17) is 9.72 Å². The zero-order valence-electron chi connectivity index (χ0n) is 42.9. The Bertz CT molecular complexity index is 2290. The highest BCUT2D eigenvalue weighted by Gasteiger charge is 2.39. The van der Waals surface area contributed by atoms with E-state index in [1.165, 1.54) is 31.2 Å². The van der Waals surface area contributed by atoms with Crippen molar-refractivity contribution in [1.29, 1.82) is 0 Å². The Morgan fingerprint density at radius 2 is 1.63 bits per heavy atom. The van der Waals surface area contributed by atoms with Crippen molar-refractivity contribution in [2.75, 3.05) is 27.2 Å². The predicted molar refractivity (Wildman–Crippen MR) is 272 cm³/mol. The Kier molecular flexibility index (Phi) is 22.4. The number of sulfonamides is 1. The van der Waals surface area contributed by atoms with E-state index in [9.17, 15) is 36.8 Å². The van der Waals surface area contributed by atoms with Gasteiger partial charge in [-0.1, -0.05) is 105 Å². The van der Waals surface area contributed by atoms with E-state index in [2.05, 4.69) is 32.5 Å². The highest BCUT2D eigenvalue weighted by Crippen LogP contribution is 2.33. The first-order valence-electron chi connectivity index (χ1n) is 24.9. The third kappa shape index (κ3) is 16.9. The number of hydrogen-bond acceptors (Lipinski definition) is 12. The van der Waals surface area contributed by atoms with Crippen molar-refractivity contribution in [3.05, 3.63) is 81.6 Å². The second-order valence-corrected chi connectivity index (χ2v) is 22.4. The number of benzene rings is 2. The molecule has 6 atom stereocenters. The van der Waals surface area contributed by atoms with Crippen LogP contribution in [-0.4, -0.2) is 104 Å². The zero-order chi connectivity index (χ0) is 51.8. The van der Waals surface area contributed by atoms with E-state index in [0.717, 1.165) is 68.4 Å². The van der Waals surface area contributed by atoms with Gasteiger partial charge in [0.2, 0.25) is 17.7 Å². The summed E-state index contributed by atoms with van der Waals surface area (Å²) in [6.45, 7) is 16.4. The second-order valence-electron chi connectivity index (χ2n) is 19.9. The molecule has 4 amide bonds. The number of rotatable bonds is 27. The number of aromatic nitrogens is 1. The van der Waals surface area contributed by atoms with Crippen LogP contribution in [0.3, 0.4) is 0 Å². The number of likely N-dealkylation sites (tertiary alicyclic amines) is 1. The molecule has 0 unspecified atom stereocenters. The third-order valence-electron chi connectivity index (χ3n) is 13.3. The average Bonchev–Trinajstić information content (AvgIpc) is 3.81. The number of thiazole rings is 1. The van der Waals surface area contributed by atoms with E-state index < -0.39 is 63.3 Å². The van der Waals surface area contributed by atoms with Gasteiger partial charge in [0.05, 0.1) is 10.9 Å². The summed E-state index contributed by atoms with van der Waals surface area (Å²) >= 11 is 1.13. The average molecular weight is 1010 g/mol. The molecule has 0 spiro atoms. The number of carbonyl (C=O) groups excluding carboxylic acids is 5. The van der Waals surface area contributed by atoms with Gasteiger partial charge < -0.3 is 25.6 Å².